The largest absolute Gasteiger partial charge is 0.435 e. The lowest BCUT2D eigenvalue weighted by Gasteiger charge is -2.33. The van der Waals surface area contributed by atoms with Gasteiger partial charge in [-0.15, -0.1) is 0 Å². The van der Waals surface area contributed by atoms with Crippen LogP contribution in [0.2, 0.25) is 0 Å². The van der Waals surface area contributed by atoms with Gasteiger partial charge in [0.1, 0.15) is 12.0 Å². The number of fused-ring (bicyclic) bond motifs is 1. The lowest BCUT2D eigenvalue weighted by Crippen LogP contribution is -2.47. The summed E-state index contributed by atoms with van der Waals surface area (Å²) in [5.41, 5.74) is 9.65. The number of rotatable bonds is 6. The molecule has 1 aliphatic rings. The fourth-order valence-electron chi connectivity index (χ4n) is 4.66. The van der Waals surface area contributed by atoms with Crippen LogP contribution in [-0.2, 0) is 11.2 Å². The number of nitrogens with one attached hydrogen (secondary N) is 1. The molecule has 3 N–H and O–H groups in total. The van der Waals surface area contributed by atoms with E-state index < -0.39 is 11.9 Å². The highest BCUT2D eigenvalue weighted by Gasteiger charge is 2.27. The number of benzene rings is 1. The molecular formula is C26H27FN6O2. The molecule has 1 aliphatic heterocycles. The van der Waals surface area contributed by atoms with Crippen molar-refractivity contribution in [2.75, 3.05) is 13.1 Å². The summed E-state index contributed by atoms with van der Waals surface area (Å²) in [4.78, 5) is 30.1. The van der Waals surface area contributed by atoms with E-state index in [4.69, 9.17) is 10.5 Å². The van der Waals surface area contributed by atoms with Crippen LogP contribution in [-0.4, -0.2) is 49.9 Å². The van der Waals surface area contributed by atoms with Crippen molar-refractivity contribution in [3.8, 4) is 11.6 Å². The summed E-state index contributed by atoms with van der Waals surface area (Å²) in [5, 5.41) is 0.705. The lowest BCUT2D eigenvalue weighted by molar-refractivity contribution is -0.133. The van der Waals surface area contributed by atoms with E-state index in [1.807, 2.05) is 24.0 Å². The average Bonchev–Trinajstić information content (AvgIpc) is 3.27. The molecule has 180 valence electrons. The van der Waals surface area contributed by atoms with Crippen LogP contribution in [0.4, 0.5) is 4.39 Å². The smallest absolute Gasteiger partial charge is 0.239 e. The van der Waals surface area contributed by atoms with Gasteiger partial charge in [-0.05, 0) is 73.1 Å². The number of carbonyl (C=O) groups excluding carboxylic acids is 1. The number of likely N-dealkylation sites (tertiary alicyclic amines) is 1. The first-order valence-electron chi connectivity index (χ1n) is 11.7. The zero-order chi connectivity index (χ0) is 24.4. The number of aromatic nitrogens is 4. The Hall–Kier alpha value is -3.85. The van der Waals surface area contributed by atoms with Crippen molar-refractivity contribution in [3.63, 3.8) is 0 Å². The van der Waals surface area contributed by atoms with E-state index in [9.17, 15) is 9.18 Å². The van der Waals surface area contributed by atoms with Crippen molar-refractivity contribution < 1.29 is 13.9 Å². The number of halogens is 1. The van der Waals surface area contributed by atoms with Crippen LogP contribution in [0.1, 0.15) is 35.4 Å². The number of nitrogens with zero attached hydrogens (tertiary/aromatic N) is 4. The Morgan fingerprint density at radius 2 is 2.00 bits per heavy atom. The molecule has 4 aromatic rings. The highest BCUT2D eigenvalue weighted by atomic mass is 19.1. The minimum Gasteiger partial charge on any atom is -0.435 e. The maximum atomic E-state index is 14.9. The van der Waals surface area contributed by atoms with Gasteiger partial charge in [-0.3, -0.25) is 9.78 Å². The highest BCUT2D eigenvalue weighted by Crippen LogP contribution is 2.31. The second-order valence-electron chi connectivity index (χ2n) is 8.93. The summed E-state index contributed by atoms with van der Waals surface area (Å²) in [7, 11) is 0. The molecule has 3 aromatic heterocycles. The van der Waals surface area contributed by atoms with Crippen LogP contribution in [0, 0.1) is 12.7 Å². The minimum atomic E-state index is -0.734. The number of pyridine rings is 1. The molecule has 1 atom stereocenters. The van der Waals surface area contributed by atoms with E-state index >= 15 is 0 Å². The number of aryl methyl sites for hydroxylation is 1. The fourth-order valence-corrected chi connectivity index (χ4v) is 4.66. The SMILES string of the molecule is Cc1c[nH]c2ncnc(Oc3ccc(CC(N)C(=O)N4CCC(c5ccncc5)CC4)cc3F)c12. The molecule has 0 aliphatic carbocycles. The maximum Gasteiger partial charge on any atom is 0.239 e. The van der Waals surface area contributed by atoms with Crippen LogP contribution in [0.3, 0.4) is 0 Å². The van der Waals surface area contributed by atoms with Crippen molar-refractivity contribution >= 4 is 16.9 Å². The topological polar surface area (TPSA) is 110 Å². The van der Waals surface area contributed by atoms with Gasteiger partial charge in [-0.1, -0.05) is 6.07 Å². The van der Waals surface area contributed by atoms with E-state index in [-0.39, 0.29) is 24.0 Å². The minimum absolute atomic E-state index is 0.0485. The molecule has 1 fully saturated rings. The molecule has 0 spiro atoms. The van der Waals surface area contributed by atoms with E-state index in [1.54, 1.807) is 24.7 Å². The number of ether oxygens (including phenoxy) is 1. The molecule has 1 saturated heterocycles. The van der Waals surface area contributed by atoms with Gasteiger partial charge < -0.3 is 20.4 Å². The molecule has 8 nitrogen and oxygen atoms in total. The Balaban J connectivity index is 1.21. The summed E-state index contributed by atoms with van der Waals surface area (Å²) in [5.74, 6) is 0.103. The van der Waals surface area contributed by atoms with Crippen molar-refractivity contribution in [3.05, 3.63) is 77.8 Å². The Labute approximate surface area is 202 Å². The Bertz CT molecular complexity index is 1330. The third kappa shape index (κ3) is 4.85. The van der Waals surface area contributed by atoms with Crippen molar-refractivity contribution in [2.24, 2.45) is 5.73 Å². The van der Waals surface area contributed by atoms with Crippen LogP contribution in [0.25, 0.3) is 11.0 Å². The third-order valence-electron chi connectivity index (χ3n) is 6.59. The van der Waals surface area contributed by atoms with Crippen molar-refractivity contribution in [1.82, 2.24) is 24.8 Å². The quantitative estimate of drug-likeness (QED) is 0.439. The predicted octanol–water partition coefficient (Wildman–Crippen LogP) is 3.87. The molecule has 35 heavy (non-hydrogen) atoms. The second-order valence-corrected chi connectivity index (χ2v) is 8.93. The maximum absolute atomic E-state index is 14.9. The monoisotopic (exact) mass is 474 g/mol. The number of hydrogen-bond donors (Lipinski definition) is 2. The van der Waals surface area contributed by atoms with Gasteiger partial charge >= 0.3 is 0 Å². The van der Waals surface area contributed by atoms with Gasteiger partial charge in [0.2, 0.25) is 11.8 Å². The first-order chi connectivity index (χ1) is 17.0. The molecule has 0 bridgehead atoms. The second kappa shape index (κ2) is 9.79. The number of aromatic amines is 1. The van der Waals surface area contributed by atoms with E-state index in [2.05, 4.69) is 19.9 Å². The fraction of sp³-hybridized carbons (Fsp3) is 0.308. The number of piperidine rings is 1. The number of hydrogen-bond acceptors (Lipinski definition) is 6. The molecule has 0 radical (unpaired) electrons. The van der Waals surface area contributed by atoms with Gasteiger partial charge in [0, 0.05) is 31.7 Å². The summed E-state index contributed by atoms with van der Waals surface area (Å²) >= 11 is 0. The lowest BCUT2D eigenvalue weighted by atomic mass is 9.89. The Morgan fingerprint density at radius 1 is 1.23 bits per heavy atom. The van der Waals surface area contributed by atoms with E-state index in [0.29, 0.717) is 35.6 Å². The zero-order valence-corrected chi connectivity index (χ0v) is 19.4. The van der Waals surface area contributed by atoms with Crippen LogP contribution >= 0.6 is 0 Å². The van der Waals surface area contributed by atoms with Crippen molar-refractivity contribution in [1.29, 1.82) is 0 Å². The third-order valence-corrected chi connectivity index (χ3v) is 6.59. The summed E-state index contributed by atoms with van der Waals surface area (Å²) in [6.45, 7) is 3.22. The summed E-state index contributed by atoms with van der Waals surface area (Å²) in [6.07, 6.45) is 8.78. The number of nitrogens with two attached hydrogens (primary N) is 1. The van der Waals surface area contributed by atoms with Gasteiger partial charge in [-0.2, -0.15) is 0 Å². The molecule has 1 amide bonds. The standard InChI is InChI=1S/C26H27FN6O2/c1-16-14-30-24-23(16)25(32-15-31-24)35-22-3-2-17(12-20(22)27)13-21(28)26(34)33-10-6-19(7-11-33)18-4-8-29-9-5-18/h2-5,8-9,12,14-15,19,21H,6-7,10-11,13,28H2,1H3,(H,30,31,32). The van der Waals surface area contributed by atoms with E-state index in [0.717, 1.165) is 18.4 Å². The average molecular weight is 475 g/mol. The summed E-state index contributed by atoms with van der Waals surface area (Å²) < 4.78 is 20.6. The molecule has 0 saturated carbocycles. The first kappa shape index (κ1) is 22.9. The number of H-pyrrole nitrogens is 1. The molecule has 1 unspecified atom stereocenters. The number of carbonyl (C=O) groups is 1. The molecule has 1 aromatic carbocycles. The van der Waals surface area contributed by atoms with Crippen LogP contribution in [0.15, 0.2) is 55.2 Å². The van der Waals surface area contributed by atoms with Crippen LogP contribution in [0.5, 0.6) is 11.6 Å². The predicted molar refractivity (Wildman–Crippen MR) is 130 cm³/mol. The Morgan fingerprint density at radius 3 is 2.74 bits per heavy atom. The molecule has 9 heteroatoms. The van der Waals surface area contributed by atoms with Gasteiger partial charge in [0.05, 0.1) is 11.4 Å². The molecular weight excluding hydrogens is 447 g/mol. The zero-order valence-electron chi connectivity index (χ0n) is 19.4. The van der Waals surface area contributed by atoms with Gasteiger partial charge in [-0.25, -0.2) is 14.4 Å². The first-order valence-corrected chi connectivity index (χ1v) is 11.7. The van der Waals surface area contributed by atoms with Gasteiger partial charge in [0.15, 0.2) is 11.6 Å². The number of amides is 1. The summed E-state index contributed by atoms with van der Waals surface area (Å²) in [6, 6.07) is 7.95. The van der Waals surface area contributed by atoms with E-state index in [1.165, 1.54) is 24.0 Å². The Kier molecular flexibility index (Phi) is 6.41. The molecule has 4 heterocycles. The molecule has 5 rings (SSSR count). The normalized spacial score (nSPS) is 15.3. The van der Waals surface area contributed by atoms with Crippen molar-refractivity contribution in [2.45, 2.75) is 38.1 Å². The van der Waals surface area contributed by atoms with Gasteiger partial charge in [0.25, 0.3) is 0 Å². The van der Waals surface area contributed by atoms with Crippen LogP contribution < -0.4 is 10.5 Å². The highest BCUT2D eigenvalue weighted by molar-refractivity contribution is 5.84.